The van der Waals surface area contributed by atoms with E-state index in [1.54, 1.807) is 0 Å². The van der Waals surface area contributed by atoms with Crippen LogP contribution in [0.25, 0.3) is 0 Å². The minimum atomic E-state index is -0.439. The molecule has 118 valence electrons. The molecule has 0 aliphatic carbocycles. The second-order valence-electron chi connectivity index (χ2n) is 5.56. The van der Waals surface area contributed by atoms with Gasteiger partial charge >= 0.3 is 5.97 Å². The van der Waals surface area contributed by atoms with Crippen LogP contribution < -0.4 is 10.5 Å². The number of hydrogen-bond acceptors (Lipinski definition) is 4. The van der Waals surface area contributed by atoms with Gasteiger partial charge in [-0.15, -0.1) is 0 Å². The Bertz CT molecular complexity index is 444. The smallest absolute Gasteiger partial charge is 0.306 e. The van der Waals surface area contributed by atoms with Crippen LogP contribution in [-0.4, -0.2) is 25.7 Å². The monoisotopic (exact) mass is 293 g/mol. The molecule has 2 atom stereocenters. The SMILES string of the molecule is CCCOc1ccc(C(C)(CC(=O)OC)C(N)CC)cc1. The van der Waals surface area contributed by atoms with Crippen LogP contribution in [0.5, 0.6) is 5.75 Å². The van der Waals surface area contributed by atoms with E-state index in [0.29, 0.717) is 6.61 Å². The first-order valence-electron chi connectivity index (χ1n) is 7.53. The quantitative estimate of drug-likeness (QED) is 0.748. The van der Waals surface area contributed by atoms with Crippen molar-refractivity contribution in [3.63, 3.8) is 0 Å². The van der Waals surface area contributed by atoms with Crippen LogP contribution in [0.15, 0.2) is 24.3 Å². The number of carbonyl (C=O) groups is 1. The number of esters is 1. The maximum Gasteiger partial charge on any atom is 0.306 e. The van der Waals surface area contributed by atoms with Gasteiger partial charge in [0.25, 0.3) is 0 Å². The van der Waals surface area contributed by atoms with E-state index in [-0.39, 0.29) is 18.4 Å². The lowest BCUT2D eigenvalue weighted by Crippen LogP contribution is -2.44. The summed E-state index contributed by atoms with van der Waals surface area (Å²) in [5, 5.41) is 0. The first-order valence-corrected chi connectivity index (χ1v) is 7.53. The van der Waals surface area contributed by atoms with Gasteiger partial charge < -0.3 is 15.2 Å². The van der Waals surface area contributed by atoms with E-state index in [9.17, 15) is 4.79 Å². The molecule has 0 heterocycles. The molecule has 0 bridgehead atoms. The van der Waals surface area contributed by atoms with Crippen molar-refractivity contribution in [3.8, 4) is 5.75 Å². The van der Waals surface area contributed by atoms with Gasteiger partial charge in [0.05, 0.1) is 20.1 Å². The molecule has 0 saturated carbocycles. The van der Waals surface area contributed by atoms with E-state index in [0.717, 1.165) is 24.2 Å². The van der Waals surface area contributed by atoms with Crippen LogP contribution in [0.1, 0.15) is 45.6 Å². The summed E-state index contributed by atoms with van der Waals surface area (Å²) >= 11 is 0. The highest BCUT2D eigenvalue weighted by Gasteiger charge is 2.35. The van der Waals surface area contributed by atoms with Crippen LogP contribution in [0.4, 0.5) is 0 Å². The van der Waals surface area contributed by atoms with E-state index in [1.165, 1.54) is 7.11 Å². The number of ether oxygens (including phenoxy) is 2. The predicted molar refractivity (Wildman–Crippen MR) is 84.5 cm³/mol. The van der Waals surface area contributed by atoms with Gasteiger partial charge in [-0.05, 0) is 30.5 Å². The molecule has 0 spiro atoms. The van der Waals surface area contributed by atoms with Gasteiger partial charge in [0.15, 0.2) is 0 Å². The molecule has 0 aliphatic heterocycles. The predicted octanol–water partition coefficient (Wildman–Crippen LogP) is 3.03. The number of nitrogens with two attached hydrogens (primary N) is 1. The average molecular weight is 293 g/mol. The summed E-state index contributed by atoms with van der Waals surface area (Å²) in [6.45, 7) is 6.81. The Kier molecular flexibility index (Phi) is 6.69. The average Bonchev–Trinajstić information content (AvgIpc) is 2.52. The molecule has 0 radical (unpaired) electrons. The highest BCUT2D eigenvalue weighted by molar-refractivity contribution is 5.71. The van der Waals surface area contributed by atoms with Gasteiger partial charge in [-0.3, -0.25) is 4.79 Å². The lowest BCUT2D eigenvalue weighted by atomic mass is 9.72. The largest absolute Gasteiger partial charge is 0.494 e. The molecule has 21 heavy (non-hydrogen) atoms. The molecule has 1 aromatic carbocycles. The minimum Gasteiger partial charge on any atom is -0.494 e. The van der Waals surface area contributed by atoms with Crippen LogP contribution in [0, 0.1) is 0 Å². The molecule has 0 saturated heterocycles. The molecule has 2 N–H and O–H groups in total. The van der Waals surface area contributed by atoms with Gasteiger partial charge in [0.1, 0.15) is 5.75 Å². The first-order chi connectivity index (χ1) is 9.97. The van der Waals surface area contributed by atoms with Crippen molar-refractivity contribution >= 4 is 5.97 Å². The molecule has 0 aromatic heterocycles. The fourth-order valence-electron chi connectivity index (χ4n) is 2.42. The first kappa shape index (κ1) is 17.5. The highest BCUT2D eigenvalue weighted by atomic mass is 16.5. The van der Waals surface area contributed by atoms with Crippen LogP contribution in [0.3, 0.4) is 0 Å². The van der Waals surface area contributed by atoms with Gasteiger partial charge in [-0.2, -0.15) is 0 Å². The molecular formula is C17H27NO3. The molecule has 0 aliphatic rings. The zero-order valence-electron chi connectivity index (χ0n) is 13.5. The number of methoxy groups -OCH3 is 1. The number of benzene rings is 1. The van der Waals surface area contributed by atoms with E-state index in [1.807, 2.05) is 38.1 Å². The fourth-order valence-corrected chi connectivity index (χ4v) is 2.42. The van der Waals surface area contributed by atoms with Crippen molar-refractivity contribution in [3.05, 3.63) is 29.8 Å². The zero-order chi connectivity index (χ0) is 15.9. The molecular weight excluding hydrogens is 266 g/mol. The Morgan fingerprint density at radius 3 is 2.38 bits per heavy atom. The van der Waals surface area contributed by atoms with Gasteiger partial charge in [0.2, 0.25) is 0 Å². The summed E-state index contributed by atoms with van der Waals surface area (Å²) in [7, 11) is 1.40. The summed E-state index contributed by atoms with van der Waals surface area (Å²) in [4.78, 5) is 11.7. The lowest BCUT2D eigenvalue weighted by molar-refractivity contribution is -0.142. The third-order valence-corrected chi connectivity index (χ3v) is 3.98. The van der Waals surface area contributed by atoms with Crippen molar-refractivity contribution in [2.75, 3.05) is 13.7 Å². The molecule has 4 heteroatoms. The normalized spacial score (nSPS) is 15.1. The standard InChI is InChI=1S/C17H27NO3/c1-5-11-21-14-9-7-13(8-10-14)17(3,15(18)6-2)12-16(19)20-4/h7-10,15H,5-6,11-12,18H2,1-4H3. The summed E-state index contributed by atoms with van der Waals surface area (Å²) < 4.78 is 10.4. The Labute approximate surface area is 127 Å². The molecule has 2 unspecified atom stereocenters. The van der Waals surface area contributed by atoms with Gasteiger partial charge in [-0.25, -0.2) is 0 Å². The maximum atomic E-state index is 11.7. The van der Waals surface area contributed by atoms with Crippen molar-refractivity contribution in [1.82, 2.24) is 0 Å². The number of hydrogen-bond donors (Lipinski definition) is 1. The Balaban J connectivity index is 3.00. The summed E-state index contributed by atoms with van der Waals surface area (Å²) in [6.07, 6.45) is 2.04. The van der Waals surface area contributed by atoms with Crippen LogP contribution >= 0.6 is 0 Å². The van der Waals surface area contributed by atoms with Gasteiger partial charge in [0, 0.05) is 11.5 Å². The fraction of sp³-hybridized carbons (Fsp3) is 0.588. The Hall–Kier alpha value is -1.55. The summed E-state index contributed by atoms with van der Waals surface area (Å²) in [5.41, 5.74) is 6.86. The van der Waals surface area contributed by atoms with Crippen LogP contribution in [-0.2, 0) is 14.9 Å². The van der Waals surface area contributed by atoms with E-state index < -0.39 is 5.41 Å². The summed E-state index contributed by atoms with van der Waals surface area (Å²) in [5.74, 6) is 0.596. The molecule has 1 rings (SSSR count). The molecule has 1 aromatic rings. The summed E-state index contributed by atoms with van der Waals surface area (Å²) in [6, 6.07) is 7.73. The van der Waals surface area contributed by atoms with Crippen molar-refractivity contribution in [1.29, 1.82) is 0 Å². The molecule has 0 fully saturated rings. The second-order valence-corrected chi connectivity index (χ2v) is 5.56. The van der Waals surface area contributed by atoms with Crippen molar-refractivity contribution in [2.24, 2.45) is 5.73 Å². The Morgan fingerprint density at radius 2 is 1.90 bits per heavy atom. The van der Waals surface area contributed by atoms with E-state index in [4.69, 9.17) is 15.2 Å². The molecule has 4 nitrogen and oxygen atoms in total. The van der Waals surface area contributed by atoms with E-state index in [2.05, 4.69) is 6.92 Å². The topological polar surface area (TPSA) is 61.5 Å². The number of rotatable bonds is 8. The number of carbonyl (C=O) groups excluding carboxylic acids is 1. The van der Waals surface area contributed by atoms with E-state index >= 15 is 0 Å². The molecule has 0 amide bonds. The minimum absolute atomic E-state index is 0.112. The highest BCUT2D eigenvalue weighted by Crippen LogP contribution is 2.33. The lowest BCUT2D eigenvalue weighted by Gasteiger charge is -2.35. The zero-order valence-corrected chi connectivity index (χ0v) is 13.5. The third kappa shape index (κ3) is 4.46. The van der Waals surface area contributed by atoms with Gasteiger partial charge in [-0.1, -0.05) is 32.9 Å². The second kappa shape index (κ2) is 8.03. The van der Waals surface area contributed by atoms with Crippen LogP contribution in [0.2, 0.25) is 0 Å². The van der Waals surface area contributed by atoms with Crippen molar-refractivity contribution in [2.45, 2.75) is 51.5 Å². The van der Waals surface area contributed by atoms with Crippen molar-refractivity contribution < 1.29 is 14.3 Å². The third-order valence-electron chi connectivity index (χ3n) is 3.98. The maximum absolute atomic E-state index is 11.7. The Morgan fingerprint density at radius 1 is 1.29 bits per heavy atom.